The van der Waals surface area contributed by atoms with Gasteiger partial charge in [-0.05, 0) is 74.6 Å². The summed E-state index contributed by atoms with van der Waals surface area (Å²) >= 11 is 5.88. The Hall–Kier alpha value is -5.42. The number of ether oxygens (including phenoxy) is 1. The fraction of sp³-hybridized carbons (Fsp3) is 0.680. The number of nitrogens with one attached hydrogen (secondary N) is 7. The van der Waals surface area contributed by atoms with Crippen molar-refractivity contribution in [2.24, 2.45) is 23.5 Å². The molecule has 21 nitrogen and oxygen atoms in total. The van der Waals surface area contributed by atoms with E-state index in [1.165, 1.54) is 30.6 Å². The van der Waals surface area contributed by atoms with Crippen LogP contribution in [0.1, 0.15) is 111 Å². The molecule has 73 heavy (non-hydrogen) atoms. The lowest BCUT2D eigenvalue weighted by Crippen LogP contribution is -2.57. The summed E-state index contributed by atoms with van der Waals surface area (Å²) in [5.41, 5.74) is 6.78. The molecular weight excluding hydrogens is 983 g/mol. The number of carboxylic acid groups (broad SMARTS) is 1. The lowest BCUT2D eigenvalue weighted by atomic mass is 9.84. The van der Waals surface area contributed by atoms with Gasteiger partial charge in [-0.3, -0.25) is 43.2 Å². The van der Waals surface area contributed by atoms with Crippen LogP contribution in [0.5, 0.6) is 5.75 Å². The lowest BCUT2D eigenvalue weighted by Gasteiger charge is -2.30. The molecule has 0 bridgehead atoms. The summed E-state index contributed by atoms with van der Waals surface area (Å²) in [5, 5.41) is 27.1. The molecule has 2 rings (SSSR count). The Morgan fingerprint density at radius 2 is 1.38 bits per heavy atom. The highest BCUT2D eigenvalue weighted by atomic mass is 32.2. The van der Waals surface area contributed by atoms with Crippen LogP contribution in [-0.2, 0) is 54.4 Å². The van der Waals surface area contributed by atoms with E-state index in [0.717, 1.165) is 37.7 Å². The lowest BCUT2D eigenvalue weighted by molar-refractivity contribution is -0.139. The van der Waals surface area contributed by atoms with Crippen LogP contribution in [0.15, 0.2) is 24.3 Å². The number of amides is 8. The number of hydrogen-bond donors (Lipinski definition) is 10. The van der Waals surface area contributed by atoms with E-state index >= 15 is 0 Å². The van der Waals surface area contributed by atoms with Gasteiger partial charge in [0.2, 0.25) is 47.3 Å². The van der Waals surface area contributed by atoms with Crippen molar-refractivity contribution >= 4 is 83.4 Å². The molecule has 410 valence electrons. The third-order valence-electron chi connectivity index (χ3n) is 12.0. The number of rotatable bonds is 34. The van der Waals surface area contributed by atoms with Crippen molar-refractivity contribution < 1.29 is 57.8 Å². The average Bonchev–Trinajstić information content (AvgIpc) is 3.32. The van der Waals surface area contributed by atoms with Crippen molar-refractivity contribution in [2.75, 3.05) is 51.3 Å². The highest BCUT2D eigenvalue weighted by Crippen LogP contribution is 2.28. The van der Waals surface area contributed by atoms with Crippen LogP contribution in [0.4, 0.5) is 0 Å². The fourth-order valence-corrected chi connectivity index (χ4v) is 9.09. The fourth-order valence-electron chi connectivity index (χ4n) is 8.14. The zero-order chi connectivity index (χ0) is 54.6. The van der Waals surface area contributed by atoms with Gasteiger partial charge in [-0.25, -0.2) is 4.79 Å². The number of carbonyl (C=O) groups excluding carboxylic acids is 9. The average molecular weight is 1060 g/mol. The van der Waals surface area contributed by atoms with Gasteiger partial charge >= 0.3 is 5.97 Å². The topological polar surface area (TPSA) is 314 Å². The number of carbonyl (C=O) groups is 10. The van der Waals surface area contributed by atoms with Gasteiger partial charge in [-0.15, -0.1) is 0 Å². The molecule has 1 aromatic carbocycles. The Bertz CT molecular complexity index is 1990. The molecule has 6 atom stereocenters. The predicted molar refractivity (Wildman–Crippen MR) is 281 cm³/mol. The van der Waals surface area contributed by atoms with E-state index in [9.17, 15) is 47.9 Å². The molecule has 8 amide bonds. The Morgan fingerprint density at radius 3 is 1.99 bits per heavy atom. The van der Waals surface area contributed by atoms with Gasteiger partial charge in [0.1, 0.15) is 23.9 Å². The van der Waals surface area contributed by atoms with Crippen LogP contribution in [0.3, 0.4) is 0 Å². The SMILES string of the molecule is CC(=O)NC(C(=O)N(C)CC(=O)NCCC(=O)NC(CCN)C(=O)NC(CC1CCCCC1)C(=O)NC(C(=O)C(S)CCC(=O)NCCSCC(=O)NC(C)Cc1ccc(OCC(=O)O)cc1)C(C)C)C(C)C. The zero-order valence-corrected chi connectivity index (χ0v) is 45.3. The molecule has 1 fully saturated rings. The number of nitrogens with two attached hydrogens (primary N) is 1. The van der Waals surface area contributed by atoms with Crippen molar-refractivity contribution in [3.8, 4) is 5.75 Å². The van der Waals surface area contributed by atoms with Crippen molar-refractivity contribution in [3.63, 3.8) is 0 Å². The number of likely N-dealkylation sites (N-methyl/N-ethyl adjacent to an activating group) is 1. The second kappa shape index (κ2) is 34.1. The molecule has 1 aliphatic carbocycles. The number of thioether (sulfide) groups is 1. The largest absolute Gasteiger partial charge is 0.482 e. The highest BCUT2D eigenvalue weighted by molar-refractivity contribution is 7.99. The number of carboxylic acids is 1. The minimum absolute atomic E-state index is 0.00669. The van der Waals surface area contributed by atoms with Gasteiger partial charge in [-0.1, -0.05) is 71.9 Å². The first-order valence-electron chi connectivity index (χ1n) is 25.2. The first kappa shape index (κ1) is 63.7. The molecule has 0 saturated heterocycles. The maximum Gasteiger partial charge on any atom is 0.341 e. The van der Waals surface area contributed by atoms with Crippen molar-refractivity contribution in [1.82, 2.24) is 42.1 Å². The summed E-state index contributed by atoms with van der Waals surface area (Å²) in [4.78, 5) is 129. The molecule has 1 aromatic rings. The molecular formula is C50H81N9O12S2. The number of Topliss-reactive ketones (excluding diaryl/α,β-unsaturated/α-hetero) is 1. The smallest absolute Gasteiger partial charge is 0.341 e. The van der Waals surface area contributed by atoms with Crippen LogP contribution in [0, 0.1) is 17.8 Å². The van der Waals surface area contributed by atoms with Crippen LogP contribution in [-0.4, -0.2) is 156 Å². The molecule has 0 aromatic heterocycles. The number of benzene rings is 1. The third kappa shape index (κ3) is 25.9. The molecule has 0 radical (unpaired) electrons. The number of hydrogen-bond acceptors (Lipinski definition) is 14. The van der Waals surface area contributed by atoms with Gasteiger partial charge in [-0.2, -0.15) is 24.4 Å². The maximum absolute atomic E-state index is 14.1. The standard InChI is InChI=1S/C50H81N9O12S2/c1-30(2)45(47(67)39(72)17-18-40(61)53-23-24-73-29-43(64)54-32(5)25-35-13-15-36(16-14-35)71-28-44(65)66)58-49(69)38(26-34-11-9-8-10-12-34)57-48(68)37(19-21-51)56-41(62)20-22-52-42(63)27-59(7)50(70)46(31(3)4)55-33(6)60/h13-16,30-32,34,37-39,45-46,72H,8-12,17-29,51H2,1-7H3,(H,52,63)(H,53,61)(H,54,64)(H,55,60)(H,56,62)(H,57,68)(H,58,69)(H,65,66). The molecule has 1 saturated carbocycles. The molecule has 0 spiro atoms. The van der Waals surface area contributed by atoms with E-state index in [-0.39, 0.29) is 98.4 Å². The Morgan fingerprint density at radius 1 is 0.753 bits per heavy atom. The van der Waals surface area contributed by atoms with Crippen molar-refractivity contribution in [3.05, 3.63) is 29.8 Å². The highest BCUT2D eigenvalue weighted by Gasteiger charge is 2.34. The summed E-state index contributed by atoms with van der Waals surface area (Å²) in [6, 6.07) is 2.86. The third-order valence-corrected chi connectivity index (χ3v) is 13.5. The van der Waals surface area contributed by atoms with Gasteiger partial charge in [0, 0.05) is 51.7 Å². The van der Waals surface area contributed by atoms with Crippen LogP contribution >= 0.6 is 24.4 Å². The molecule has 23 heteroatoms. The van der Waals surface area contributed by atoms with E-state index in [2.05, 4.69) is 49.8 Å². The van der Waals surface area contributed by atoms with Crippen LogP contribution < -0.4 is 47.7 Å². The number of nitrogens with zero attached hydrogens (tertiary/aromatic N) is 1. The minimum atomic E-state index is -1.11. The van der Waals surface area contributed by atoms with Gasteiger partial charge in [0.15, 0.2) is 12.4 Å². The van der Waals surface area contributed by atoms with E-state index in [0.29, 0.717) is 30.9 Å². The van der Waals surface area contributed by atoms with E-state index < -0.39 is 71.5 Å². The molecule has 6 unspecified atom stereocenters. The Balaban J connectivity index is 1.90. The van der Waals surface area contributed by atoms with Crippen molar-refractivity contribution in [2.45, 2.75) is 148 Å². The minimum Gasteiger partial charge on any atom is -0.482 e. The van der Waals surface area contributed by atoms with Gasteiger partial charge in [0.25, 0.3) is 0 Å². The predicted octanol–water partition coefficient (Wildman–Crippen LogP) is 1.25. The molecule has 0 heterocycles. The van der Waals surface area contributed by atoms with E-state index in [1.54, 1.807) is 39.8 Å². The second-order valence-corrected chi connectivity index (χ2v) is 21.0. The number of aliphatic carboxylic acids is 1. The monoisotopic (exact) mass is 1060 g/mol. The van der Waals surface area contributed by atoms with Gasteiger partial charge in [0.05, 0.1) is 23.6 Å². The first-order chi connectivity index (χ1) is 34.5. The second-order valence-electron chi connectivity index (χ2n) is 19.3. The number of thiol groups is 1. The Kier molecular flexibility index (Phi) is 29.8. The van der Waals surface area contributed by atoms with E-state index in [1.807, 2.05) is 19.1 Å². The Labute approximate surface area is 439 Å². The van der Waals surface area contributed by atoms with E-state index in [4.69, 9.17) is 15.6 Å². The summed E-state index contributed by atoms with van der Waals surface area (Å²) < 4.78 is 5.15. The van der Waals surface area contributed by atoms with Crippen LogP contribution in [0.25, 0.3) is 0 Å². The summed E-state index contributed by atoms with van der Waals surface area (Å²) in [6.07, 6.45) is 5.55. The molecule has 10 N–H and O–H groups in total. The quantitative estimate of drug-likeness (QED) is 0.0343. The summed E-state index contributed by atoms with van der Waals surface area (Å²) in [6.45, 7) is 9.74. The zero-order valence-electron chi connectivity index (χ0n) is 43.6. The maximum atomic E-state index is 14.1. The summed E-state index contributed by atoms with van der Waals surface area (Å²) in [7, 11) is 1.43. The normalized spacial score (nSPS) is 15.1. The van der Waals surface area contributed by atoms with Crippen molar-refractivity contribution in [1.29, 1.82) is 0 Å². The number of ketones is 1. The van der Waals surface area contributed by atoms with Crippen LogP contribution in [0.2, 0.25) is 0 Å². The molecule has 1 aliphatic rings. The summed E-state index contributed by atoms with van der Waals surface area (Å²) in [5.74, 6) is -4.39. The first-order valence-corrected chi connectivity index (χ1v) is 26.9. The van der Waals surface area contributed by atoms with Gasteiger partial charge < -0.3 is 57.7 Å². The molecule has 0 aliphatic heterocycles.